The molecule has 0 aliphatic heterocycles. The molecule has 0 atom stereocenters. The summed E-state index contributed by atoms with van der Waals surface area (Å²) in [4.78, 5) is 16.6. The molecular formula is C84H60N6. The van der Waals surface area contributed by atoms with Crippen LogP contribution in [0.25, 0.3) is 150 Å². The standard InChI is InChI=1S/C84H60N6/c1-82(2)67-25-13-7-19-55(67)58-37-34-52(46-70(58)82)88-73-28-16-10-22-61(73)64-43-49(31-40-76(64)88)79-85-80(50-32-41-77-65(44-50)62-23-11-17-29-74(62)89(77)53-35-38-59-56-20-8-14-26-68(56)83(3,4)71(59)47-53)87-81(86-79)51-33-42-78-66(45-51)63-24-12-18-30-75(63)90(78)54-36-39-60-57-21-9-15-27-69(57)84(5,6)72(60)48-54/h7-48H,1-6H3. The van der Waals surface area contributed by atoms with Crippen molar-refractivity contribution in [1.82, 2.24) is 28.7 Å². The van der Waals surface area contributed by atoms with Crippen LogP contribution in [0.3, 0.4) is 0 Å². The number of benzene rings is 12. The Bertz CT molecular complexity index is 5260. The van der Waals surface area contributed by atoms with Crippen LogP contribution in [-0.2, 0) is 16.2 Å². The summed E-state index contributed by atoms with van der Waals surface area (Å²) in [5.74, 6) is 1.83. The highest BCUT2D eigenvalue weighted by atomic mass is 15.0. The molecule has 19 rings (SSSR count). The van der Waals surface area contributed by atoms with E-state index in [0.717, 1.165) is 83.0 Å². The molecule has 4 aromatic heterocycles. The Morgan fingerprint density at radius 3 is 0.789 bits per heavy atom. The van der Waals surface area contributed by atoms with Crippen molar-refractivity contribution in [1.29, 1.82) is 0 Å². The first-order chi connectivity index (χ1) is 43.9. The van der Waals surface area contributed by atoms with Gasteiger partial charge in [0.2, 0.25) is 0 Å². The predicted octanol–water partition coefficient (Wildman–Crippen LogP) is 21.1. The molecule has 0 bridgehead atoms. The molecule has 0 unspecified atom stereocenters. The van der Waals surface area contributed by atoms with E-state index >= 15 is 0 Å². The van der Waals surface area contributed by atoms with E-state index < -0.39 is 0 Å². The first-order valence-corrected chi connectivity index (χ1v) is 31.5. The van der Waals surface area contributed by atoms with Crippen LogP contribution in [-0.4, -0.2) is 28.7 Å². The van der Waals surface area contributed by atoms with E-state index in [9.17, 15) is 0 Å². The Hall–Kier alpha value is -11.0. The van der Waals surface area contributed by atoms with Gasteiger partial charge in [-0.05, 0) is 176 Å². The van der Waals surface area contributed by atoms with Gasteiger partial charge in [0.05, 0.1) is 33.1 Å². The van der Waals surface area contributed by atoms with Gasteiger partial charge in [0.1, 0.15) is 0 Å². The number of para-hydroxylation sites is 3. The summed E-state index contributed by atoms with van der Waals surface area (Å²) in [7, 11) is 0. The summed E-state index contributed by atoms with van der Waals surface area (Å²) in [5, 5.41) is 6.91. The van der Waals surface area contributed by atoms with Gasteiger partial charge in [-0.15, -0.1) is 0 Å². The summed E-state index contributed by atoms with van der Waals surface area (Å²) in [5.41, 5.74) is 28.6. The minimum Gasteiger partial charge on any atom is -0.309 e. The Kier molecular flexibility index (Phi) is 10.3. The van der Waals surface area contributed by atoms with Gasteiger partial charge in [-0.3, -0.25) is 0 Å². The molecule has 0 fully saturated rings. The number of nitrogens with zero attached hydrogens (tertiary/aromatic N) is 6. The maximum Gasteiger partial charge on any atom is 0.164 e. The lowest BCUT2D eigenvalue weighted by Crippen LogP contribution is -2.15. The molecule has 0 radical (unpaired) electrons. The van der Waals surface area contributed by atoms with Crippen LogP contribution in [0.15, 0.2) is 255 Å². The highest BCUT2D eigenvalue weighted by molar-refractivity contribution is 6.13. The molecule has 6 nitrogen and oxygen atoms in total. The van der Waals surface area contributed by atoms with Crippen LogP contribution in [0.5, 0.6) is 0 Å². The second-order valence-electron chi connectivity index (χ2n) is 26.8. The zero-order valence-corrected chi connectivity index (χ0v) is 50.9. The molecule has 90 heavy (non-hydrogen) atoms. The van der Waals surface area contributed by atoms with Gasteiger partial charge in [-0.1, -0.05) is 187 Å². The van der Waals surface area contributed by atoms with Gasteiger partial charge in [-0.25, -0.2) is 15.0 Å². The molecule has 426 valence electrons. The first kappa shape index (κ1) is 51.1. The second kappa shape index (κ2) is 18.1. The lowest BCUT2D eigenvalue weighted by Gasteiger charge is -2.22. The zero-order valence-electron chi connectivity index (χ0n) is 50.9. The highest BCUT2D eigenvalue weighted by Gasteiger charge is 2.38. The average Bonchev–Trinajstić information content (AvgIpc) is 2.35. The van der Waals surface area contributed by atoms with E-state index in [-0.39, 0.29) is 16.2 Å². The first-order valence-electron chi connectivity index (χ1n) is 31.5. The van der Waals surface area contributed by atoms with Gasteiger partial charge < -0.3 is 13.7 Å². The zero-order chi connectivity index (χ0) is 60.1. The van der Waals surface area contributed by atoms with E-state index in [1.807, 2.05) is 0 Å². The molecule has 4 heterocycles. The third-order valence-electron chi connectivity index (χ3n) is 20.9. The normalized spacial score (nSPS) is 14.6. The summed E-state index contributed by atoms with van der Waals surface area (Å²) >= 11 is 0. The SMILES string of the molecule is CC1(C)c2ccccc2-c2ccc(-n3c4ccccc4c4cc(-c5nc(-c6ccc7c(c6)c6ccccc6n7-c6ccc7c(c6)C(C)(C)c6ccccc6-7)nc(-c6ccc7c(c6)c6ccccc6n7-c6ccc7c(c6)C(C)(C)c6ccccc6-7)n5)ccc43)cc21. The van der Waals surface area contributed by atoms with Gasteiger partial charge in [0.15, 0.2) is 17.5 Å². The van der Waals surface area contributed by atoms with Crippen molar-refractivity contribution in [3.8, 4) is 84.6 Å². The number of hydrogen-bond donors (Lipinski definition) is 0. The third kappa shape index (κ3) is 6.96. The summed E-state index contributed by atoms with van der Waals surface area (Å²) in [6.45, 7) is 14.1. The van der Waals surface area contributed by atoms with Gasteiger partial charge >= 0.3 is 0 Å². The Balaban J connectivity index is 0.790. The van der Waals surface area contributed by atoms with Crippen LogP contribution in [0.2, 0.25) is 0 Å². The number of fused-ring (bicyclic) bond motifs is 18. The van der Waals surface area contributed by atoms with Crippen molar-refractivity contribution in [2.45, 2.75) is 57.8 Å². The van der Waals surface area contributed by atoms with Crippen molar-refractivity contribution >= 4 is 65.4 Å². The monoisotopic (exact) mass is 1150 g/mol. The average molecular weight is 1150 g/mol. The molecule has 0 saturated carbocycles. The van der Waals surface area contributed by atoms with Crippen LogP contribution >= 0.6 is 0 Å². The van der Waals surface area contributed by atoms with Crippen LogP contribution < -0.4 is 0 Å². The quantitative estimate of drug-likeness (QED) is 0.167. The molecular weight excluding hydrogens is 1090 g/mol. The molecule has 0 amide bonds. The maximum absolute atomic E-state index is 5.52. The minimum atomic E-state index is -0.133. The Labute approximate surface area is 521 Å². The van der Waals surface area contributed by atoms with Crippen molar-refractivity contribution < 1.29 is 0 Å². The van der Waals surface area contributed by atoms with Gasteiger partial charge in [-0.2, -0.15) is 0 Å². The van der Waals surface area contributed by atoms with E-state index in [0.29, 0.717) is 17.5 Å². The minimum absolute atomic E-state index is 0.133. The fourth-order valence-electron chi connectivity index (χ4n) is 16.4. The largest absolute Gasteiger partial charge is 0.309 e. The Morgan fingerprint density at radius 2 is 0.478 bits per heavy atom. The number of aromatic nitrogens is 6. The molecule has 3 aliphatic carbocycles. The number of rotatable bonds is 6. The fourth-order valence-corrected chi connectivity index (χ4v) is 16.4. The summed E-state index contributed by atoms with van der Waals surface area (Å²) < 4.78 is 7.29. The topological polar surface area (TPSA) is 53.5 Å². The van der Waals surface area contributed by atoms with E-state index in [2.05, 4.69) is 310 Å². The van der Waals surface area contributed by atoms with Crippen molar-refractivity contribution in [2.75, 3.05) is 0 Å². The van der Waals surface area contributed by atoms with E-state index in [1.54, 1.807) is 0 Å². The third-order valence-corrected chi connectivity index (χ3v) is 20.9. The lowest BCUT2D eigenvalue weighted by atomic mass is 9.82. The fraction of sp³-hybridized carbons (Fsp3) is 0.107. The highest BCUT2D eigenvalue weighted by Crippen LogP contribution is 2.53. The predicted molar refractivity (Wildman–Crippen MR) is 372 cm³/mol. The molecule has 0 saturated heterocycles. The van der Waals surface area contributed by atoms with Gasteiger partial charge in [0, 0.05) is 82.3 Å². The molecule has 12 aromatic carbocycles. The Morgan fingerprint density at radius 1 is 0.222 bits per heavy atom. The van der Waals surface area contributed by atoms with E-state index in [1.165, 1.54) is 82.9 Å². The van der Waals surface area contributed by atoms with Crippen molar-refractivity contribution in [2.24, 2.45) is 0 Å². The smallest absolute Gasteiger partial charge is 0.164 e. The van der Waals surface area contributed by atoms with Crippen molar-refractivity contribution in [3.05, 3.63) is 288 Å². The molecule has 0 spiro atoms. The summed E-state index contributed by atoms with van der Waals surface area (Å²) in [6.07, 6.45) is 0. The van der Waals surface area contributed by atoms with Crippen molar-refractivity contribution in [3.63, 3.8) is 0 Å². The molecule has 6 heteroatoms. The van der Waals surface area contributed by atoms with Gasteiger partial charge in [0.25, 0.3) is 0 Å². The second-order valence-corrected chi connectivity index (χ2v) is 26.8. The molecule has 0 N–H and O–H groups in total. The molecule has 16 aromatic rings. The van der Waals surface area contributed by atoms with Crippen LogP contribution in [0.1, 0.15) is 74.9 Å². The maximum atomic E-state index is 5.52. The summed E-state index contributed by atoms with van der Waals surface area (Å²) in [6, 6.07) is 94.4. The van der Waals surface area contributed by atoms with Crippen LogP contribution in [0, 0.1) is 0 Å². The van der Waals surface area contributed by atoms with E-state index in [4.69, 9.17) is 15.0 Å². The molecule has 3 aliphatic rings. The number of hydrogen-bond acceptors (Lipinski definition) is 3. The lowest BCUT2D eigenvalue weighted by molar-refractivity contribution is 0.660. The van der Waals surface area contributed by atoms with Crippen LogP contribution in [0.4, 0.5) is 0 Å².